The molecule has 6 atom stereocenters. The summed E-state index contributed by atoms with van der Waals surface area (Å²) in [7, 11) is 0. The molecule has 0 saturated carbocycles. The Morgan fingerprint density at radius 1 is 1.18 bits per heavy atom. The summed E-state index contributed by atoms with van der Waals surface area (Å²) in [6.45, 7) is 0.208. The minimum absolute atomic E-state index is 0.0869. The zero-order chi connectivity index (χ0) is 22.9. The van der Waals surface area contributed by atoms with Gasteiger partial charge in [-0.1, -0.05) is 24.0 Å². The Balaban J connectivity index is 1.33. The van der Waals surface area contributed by atoms with Gasteiger partial charge in [0, 0.05) is 12.8 Å². The van der Waals surface area contributed by atoms with Gasteiger partial charge in [0.1, 0.15) is 24.4 Å². The molecule has 4 heterocycles. The topological polar surface area (TPSA) is 115 Å². The maximum absolute atomic E-state index is 13.7. The second kappa shape index (κ2) is 8.99. The standard InChI is InChI=1S/C22H21F2N5O4/c23-14-6-2-1-4-12(14)5-3-7-15-18(30)19(31)22(33-15)29-11-27-17-20(25-10-26-21(17)29)28-13-8-16(24)32-9-13/h1-2,4,6,10-11,13,15-16,18-19,22,30-31H,7-9H2,(H,25,26,28)/t13?,15-,16?,18-,19-,22-/m1/s1. The molecule has 2 unspecified atom stereocenters. The van der Waals surface area contributed by atoms with Crippen molar-refractivity contribution in [2.24, 2.45) is 0 Å². The summed E-state index contributed by atoms with van der Waals surface area (Å²) in [6.07, 6.45) is -2.51. The molecule has 2 aliphatic heterocycles. The molecule has 2 saturated heterocycles. The molecule has 3 N–H and O–H groups in total. The van der Waals surface area contributed by atoms with Crippen LogP contribution in [-0.2, 0) is 9.47 Å². The number of anilines is 1. The van der Waals surface area contributed by atoms with E-state index < -0.39 is 36.7 Å². The molecule has 2 fully saturated rings. The Hall–Kier alpha value is -3.17. The van der Waals surface area contributed by atoms with Gasteiger partial charge in [-0.25, -0.2) is 23.7 Å². The van der Waals surface area contributed by atoms with E-state index in [1.807, 2.05) is 0 Å². The molecule has 0 amide bonds. The summed E-state index contributed by atoms with van der Waals surface area (Å²) in [5.74, 6) is 5.49. The molecule has 172 valence electrons. The first-order valence-electron chi connectivity index (χ1n) is 10.5. The van der Waals surface area contributed by atoms with E-state index in [0.717, 1.165) is 0 Å². The van der Waals surface area contributed by atoms with Gasteiger partial charge in [0.05, 0.1) is 30.6 Å². The average molecular weight is 457 g/mol. The number of benzene rings is 1. The van der Waals surface area contributed by atoms with Crippen LogP contribution in [-0.4, -0.2) is 67.1 Å². The molecular weight excluding hydrogens is 436 g/mol. The number of aliphatic hydroxyl groups is 2. The van der Waals surface area contributed by atoms with Crippen molar-refractivity contribution in [2.75, 3.05) is 11.9 Å². The number of aliphatic hydroxyl groups excluding tert-OH is 2. The maximum atomic E-state index is 13.7. The largest absolute Gasteiger partial charge is 0.387 e. The summed E-state index contributed by atoms with van der Waals surface area (Å²) < 4.78 is 39.3. The van der Waals surface area contributed by atoms with E-state index in [1.165, 1.54) is 23.3 Å². The number of hydrogen-bond donors (Lipinski definition) is 3. The molecule has 3 aromatic rings. The molecule has 33 heavy (non-hydrogen) atoms. The molecule has 0 bridgehead atoms. The number of alkyl halides is 1. The molecule has 0 aliphatic carbocycles. The lowest BCUT2D eigenvalue weighted by Crippen LogP contribution is -2.31. The number of imidazole rings is 1. The molecular formula is C22H21F2N5O4. The molecule has 5 rings (SSSR count). The number of halogens is 2. The van der Waals surface area contributed by atoms with Gasteiger partial charge in [-0.2, -0.15) is 0 Å². The van der Waals surface area contributed by atoms with Crippen molar-refractivity contribution in [1.82, 2.24) is 19.5 Å². The van der Waals surface area contributed by atoms with Crippen LogP contribution in [0.1, 0.15) is 24.6 Å². The van der Waals surface area contributed by atoms with Crippen LogP contribution < -0.4 is 5.32 Å². The molecule has 2 aromatic heterocycles. The number of nitrogens with zero attached hydrogens (tertiary/aromatic N) is 4. The molecule has 11 heteroatoms. The van der Waals surface area contributed by atoms with Crippen LogP contribution in [0.15, 0.2) is 36.9 Å². The quantitative estimate of drug-likeness (QED) is 0.506. The predicted octanol–water partition coefficient (Wildman–Crippen LogP) is 1.52. The van der Waals surface area contributed by atoms with Crippen molar-refractivity contribution in [3.05, 3.63) is 48.3 Å². The molecule has 0 radical (unpaired) electrons. The number of hydrogen-bond acceptors (Lipinski definition) is 8. The second-order valence-corrected chi connectivity index (χ2v) is 7.90. The first kappa shape index (κ1) is 21.7. The highest BCUT2D eigenvalue weighted by atomic mass is 19.1. The molecule has 2 aliphatic rings. The highest BCUT2D eigenvalue weighted by molar-refractivity contribution is 5.82. The van der Waals surface area contributed by atoms with E-state index in [9.17, 15) is 19.0 Å². The van der Waals surface area contributed by atoms with Gasteiger partial charge in [0.15, 0.2) is 23.2 Å². The Bertz CT molecular complexity index is 1210. The van der Waals surface area contributed by atoms with E-state index in [-0.39, 0.29) is 31.1 Å². The van der Waals surface area contributed by atoms with Crippen LogP contribution >= 0.6 is 0 Å². The third kappa shape index (κ3) is 4.26. The summed E-state index contributed by atoms with van der Waals surface area (Å²) in [4.78, 5) is 12.7. The summed E-state index contributed by atoms with van der Waals surface area (Å²) in [5.41, 5.74) is 1.02. The van der Waals surface area contributed by atoms with Crippen molar-refractivity contribution in [1.29, 1.82) is 0 Å². The number of aromatic nitrogens is 4. The van der Waals surface area contributed by atoms with E-state index >= 15 is 0 Å². The average Bonchev–Trinajstić information content (AvgIpc) is 3.49. The van der Waals surface area contributed by atoms with Crippen molar-refractivity contribution >= 4 is 17.0 Å². The summed E-state index contributed by atoms with van der Waals surface area (Å²) in [6, 6.07) is 5.87. The number of fused-ring (bicyclic) bond motifs is 1. The van der Waals surface area contributed by atoms with Gasteiger partial charge in [-0.05, 0) is 12.1 Å². The predicted molar refractivity (Wildman–Crippen MR) is 112 cm³/mol. The van der Waals surface area contributed by atoms with Crippen LogP contribution in [0, 0.1) is 17.7 Å². The smallest absolute Gasteiger partial charge is 0.200 e. The minimum Gasteiger partial charge on any atom is -0.387 e. The molecule has 9 nitrogen and oxygen atoms in total. The minimum atomic E-state index is -1.32. The van der Waals surface area contributed by atoms with Crippen molar-refractivity contribution in [3.63, 3.8) is 0 Å². The van der Waals surface area contributed by atoms with Gasteiger partial charge < -0.3 is 25.0 Å². The van der Waals surface area contributed by atoms with Crippen LogP contribution in [0.4, 0.5) is 14.6 Å². The second-order valence-electron chi connectivity index (χ2n) is 7.90. The highest BCUT2D eigenvalue weighted by Crippen LogP contribution is 2.33. The Morgan fingerprint density at radius 2 is 2.03 bits per heavy atom. The van der Waals surface area contributed by atoms with E-state index in [4.69, 9.17) is 9.47 Å². The Kier molecular flexibility index (Phi) is 5.90. The summed E-state index contributed by atoms with van der Waals surface area (Å²) >= 11 is 0. The van der Waals surface area contributed by atoms with Crippen LogP contribution in [0.2, 0.25) is 0 Å². The fraction of sp³-hybridized carbons (Fsp3) is 0.409. The van der Waals surface area contributed by atoms with Crippen LogP contribution in [0.3, 0.4) is 0 Å². The number of ether oxygens (including phenoxy) is 2. The molecule has 1 aromatic carbocycles. The highest BCUT2D eigenvalue weighted by Gasteiger charge is 2.44. The first-order chi connectivity index (χ1) is 16.0. The van der Waals surface area contributed by atoms with Gasteiger partial charge in [-0.15, -0.1) is 0 Å². The van der Waals surface area contributed by atoms with Gasteiger partial charge in [0.25, 0.3) is 0 Å². The lowest BCUT2D eigenvalue weighted by molar-refractivity contribution is -0.0332. The van der Waals surface area contributed by atoms with Gasteiger partial charge in [0.2, 0.25) is 6.36 Å². The number of rotatable bonds is 4. The van der Waals surface area contributed by atoms with E-state index in [2.05, 4.69) is 32.1 Å². The SMILES string of the molecule is O[C@@H]1[C@H](O)[C@@H](CC#Cc2ccccc2F)O[C@H]1n1cnc2c(NC3COC(F)C3)ncnc21. The number of nitrogens with one attached hydrogen (secondary N) is 1. The van der Waals surface area contributed by atoms with Crippen molar-refractivity contribution in [3.8, 4) is 11.8 Å². The monoisotopic (exact) mass is 457 g/mol. The molecule has 0 spiro atoms. The fourth-order valence-corrected chi connectivity index (χ4v) is 3.96. The van der Waals surface area contributed by atoms with Gasteiger partial charge >= 0.3 is 0 Å². The summed E-state index contributed by atoms with van der Waals surface area (Å²) in [5, 5.41) is 24.2. The lowest BCUT2D eigenvalue weighted by atomic mass is 10.1. The van der Waals surface area contributed by atoms with Gasteiger partial charge in [-0.3, -0.25) is 4.57 Å². The third-order valence-electron chi connectivity index (χ3n) is 5.66. The normalized spacial score (nSPS) is 29.2. The van der Waals surface area contributed by atoms with Crippen molar-refractivity contribution in [2.45, 2.75) is 49.8 Å². The van der Waals surface area contributed by atoms with Crippen molar-refractivity contribution < 1.29 is 28.5 Å². The van der Waals surface area contributed by atoms with E-state index in [0.29, 0.717) is 17.0 Å². The zero-order valence-corrected chi connectivity index (χ0v) is 17.3. The third-order valence-corrected chi connectivity index (χ3v) is 5.66. The van der Waals surface area contributed by atoms with Crippen LogP contribution in [0.5, 0.6) is 0 Å². The fourth-order valence-electron chi connectivity index (χ4n) is 3.96. The van der Waals surface area contributed by atoms with E-state index in [1.54, 1.807) is 18.2 Å². The van der Waals surface area contributed by atoms with Crippen LogP contribution in [0.25, 0.3) is 11.2 Å². The first-order valence-corrected chi connectivity index (χ1v) is 10.5. The lowest BCUT2D eigenvalue weighted by Gasteiger charge is -2.16. The Labute approximate surface area is 187 Å². The zero-order valence-electron chi connectivity index (χ0n) is 17.3. The maximum Gasteiger partial charge on any atom is 0.200 e. The Morgan fingerprint density at radius 3 is 2.82 bits per heavy atom.